The zero-order valence-electron chi connectivity index (χ0n) is 11.9. The van der Waals surface area contributed by atoms with Gasteiger partial charge in [0.2, 0.25) is 5.91 Å². The Morgan fingerprint density at radius 3 is 2.86 bits per heavy atom. The molecule has 116 valence electrons. The van der Waals surface area contributed by atoms with E-state index in [1.54, 1.807) is 0 Å². The van der Waals surface area contributed by atoms with E-state index in [1.807, 2.05) is 24.3 Å². The highest BCUT2D eigenvalue weighted by Crippen LogP contribution is 2.15. The van der Waals surface area contributed by atoms with Crippen molar-refractivity contribution in [3.63, 3.8) is 0 Å². The number of rotatable bonds is 6. The largest absolute Gasteiger partial charge is 0.394 e. The third-order valence-corrected chi connectivity index (χ3v) is 4.13. The number of nitrogens with zero attached hydrogens (tertiary/aromatic N) is 1. The Bertz CT molecular complexity index is 462. The Balaban J connectivity index is 1.72. The van der Waals surface area contributed by atoms with Crippen LogP contribution in [0.2, 0.25) is 0 Å². The topological polar surface area (TPSA) is 61.8 Å². The zero-order chi connectivity index (χ0) is 15.1. The summed E-state index contributed by atoms with van der Waals surface area (Å²) >= 11 is 2.23. The van der Waals surface area contributed by atoms with Crippen molar-refractivity contribution in [3.8, 4) is 0 Å². The van der Waals surface area contributed by atoms with E-state index in [4.69, 9.17) is 9.84 Å². The Labute approximate surface area is 138 Å². The van der Waals surface area contributed by atoms with Crippen LogP contribution < -0.4 is 5.32 Å². The summed E-state index contributed by atoms with van der Waals surface area (Å²) in [5.41, 5.74) is 0.841. The van der Waals surface area contributed by atoms with Crippen molar-refractivity contribution in [1.82, 2.24) is 4.90 Å². The lowest BCUT2D eigenvalue weighted by Crippen LogP contribution is -2.41. The van der Waals surface area contributed by atoms with Gasteiger partial charge in [-0.15, -0.1) is 0 Å². The summed E-state index contributed by atoms with van der Waals surface area (Å²) in [6.45, 7) is 2.60. The molecule has 1 aliphatic heterocycles. The van der Waals surface area contributed by atoms with E-state index in [0.29, 0.717) is 13.2 Å². The van der Waals surface area contributed by atoms with Gasteiger partial charge in [0.05, 0.1) is 25.9 Å². The summed E-state index contributed by atoms with van der Waals surface area (Å²) in [5.74, 6) is 0.0201. The monoisotopic (exact) mass is 404 g/mol. The van der Waals surface area contributed by atoms with Gasteiger partial charge in [-0.1, -0.05) is 6.07 Å². The van der Waals surface area contributed by atoms with Crippen LogP contribution in [-0.2, 0) is 9.53 Å². The number of hydrogen-bond acceptors (Lipinski definition) is 4. The van der Waals surface area contributed by atoms with Crippen molar-refractivity contribution in [1.29, 1.82) is 0 Å². The van der Waals surface area contributed by atoms with Gasteiger partial charge in [-0.3, -0.25) is 9.69 Å². The highest BCUT2D eigenvalue weighted by Gasteiger charge is 2.21. The van der Waals surface area contributed by atoms with Crippen LogP contribution in [0.15, 0.2) is 24.3 Å². The molecule has 1 aromatic carbocycles. The minimum absolute atomic E-state index is 0.0201. The Hall–Kier alpha value is -0.700. The molecule has 0 saturated carbocycles. The Kier molecular flexibility index (Phi) is 6.88. The number of likely N-dealkylation sites (tertiary alicyclic amines) is 1. The van der Waals surface area contributed by atoms with E-state index in [9.17, 15) is 4.79 Å². The van der Waals surface area contributed by atoms with Crippen molar-refractivity contribution in [2.24, 2.45) is 0 Å². The highest BCUT2D eigenvalue weighted by atomic mass is 127. The average molecular weight is 404 g/mol. The number of anilines is 1. The van der Waals surface area contributed by atoms with Gasteiger partial charge >= 0.3 is 0 Å². The number of aliphatic hydroxyl groups is 1. The van der Waals surface area contributed by atoms with E-state index in [0.717, 1.165) is 35.2 Å². The molecular formula is C15H21IN2O3. The average Bonchev–Trinajstić information content (AvgIpc) is 2.46. The van der Waals surface area contributed by atoms with Crippen LogP contribution >= 0.6 is 22.6 Å². The minimum Gasteiger partial charge on any atom is -0.394 e. The molecule has 1 heterocycles. The third-order valence-electron chi connectivity index (χ3n) is 3.46. The van der Waals surface area contributed by atoms with Gasteiger partial charge in [-0.2, -0.15) is 0 Å². The molecule has 0 spiro atoms. The zero-order valence-corrected chi connectivity index (χ0v) is 14.1. The van der Waals surface area contributed by atoms with Crippen LogP contribution in [-0.4, -0.2) is 54.9 Å². The number of aliphatic hydroxyl groups excluding tert-OH is 1. The molecule has 1 aromatic rings. The first-order chi connectivity index (χ1) is 10.2. The maximum atomic E-state index is 12.0. The molecule has 1 fully saturated rings. The van der Waals surface area contributed by atoms with Crippen LogP contribution in [0.1, 0.15) is 12.8 Å². The van der Waals surface area contributed by atoms with Gasteiger partial charge in [-0.25, -0.2) is 0 Å². The predicted molar refractivity (Wildman–Crippen MR) is 90.3 cm³/mol. The Morgan fingerprint density at radius 1 is 1.43 bits per heavy atom. The van der Waals surface area contributed by atoms with E-state index >= 15 is 0 Å². The number of halogens is 1. The van der Waals surface area contributed by atoms with Gasteiger partial charge in [0.25, 0.3) is 0 Å². The van der Waals surface area contributed by atoms with E-state index < -0.39 is 0 Å². The summed E-state index contributed by atoms with van der Waals surface area (Å²) < 4.78 is 6.62. The molecule has 5 nitrogen and oxygen atoms in total. The number of hydrogen-bond donors (Lipinski definition) is 2. The third kappa shape index (κ3) is 5.90. The summed E-state index contributed by atoms with van der Waals surface area (Å²) in [5, 5.41) is 11.7. The minimum atomic E-state index is 0.0201. The first kappa shape index (κ1) is 16.7. The number of ether oxygens (including phenoxy) is 1. The summed E-state index contributed by atoms with van der Waals surface area (Å²) in [6.07, 6.45) is 2.04. The molecule has 0 aromatic heterocycles. The number of nitrogens with one attached hydrogen (secondary N) is 1. The normalized spacial score (nSPS) is 16.9. The maximum absolute atomic E-state index is 12.0. The van der Waals surface area contributed by atoms with Gasteiger partial charge in [0.1, 0.15) is 0 Å². The van der Waals surface area contributed by atoms with Crippen LogP contribution in [0.3, 0.4) is 0 Å². The lowest BCUT2D eigenvalue weighted by molar-refractivity contribution is -0.118. The van der Waals surface area contributed by atoms with Crippen molar-refractivity contribution in [2.75, 3.05) is 38.2 Å². The fourth-order valence-electron chi connectivity index (χ4n) is 2.42. The number of carbonyl (C=O) groups excluding carboxylic acids is 1. The summed E-state index contributed by atoms with van der Waals surface area (Å²) in [6, 6.07) is 7.78. The maximum Gasteiger partial charge on any atom is 0.238 e. The molecule has 0 atom stereocenters. The smallest absolute Gasteiger partial charge is 0.238 e. The molecule has 1 amide bonds. The number of amides is 1. The van der Waals surface area contributed by atoms with E-state index in [-0.39, 0.29) is 18.6 Å². The number of piperidine rings is 1. The van der Waals surface area contributed by atoms with Crippen LogP contribution in [0.4, 0.5) is 5.69 Å². The second-order valence-electron chi connectivity index (χ2n) is 5.13. The molecule has 0 unspecified atom stereocenters. The molecule has 0 aliphatic carbocycles. The first-order valence-corrected chi connectivity index (χ1v) is 8.25. The molecule has 1 saturated heterocycles. The predicted octanol–water partition coefficient (Wildman–Crippen LogP) is 1.70. The fourth-order valence-corrected chi connectivity index (χ4v) is 2.97. The van der Waals surface area contributed by atoms with Crippen LogP contribution in [0.5, 0.6) is 0 Å². The molecule has 0 bridgehead atoms. The SMILES string of the molecule is O=C(CN1CCC(OCCO)CC1)Nc1cccc(I)c1. The fraction of sp³-hybridized carbons (Fsp3) is 0.533. The van der Waals surface area contributed by atoms with Crippen molar-refractivity contribution >= 4 is 34.2 Å². The summed E-state index contributed by atoms with van der Waals surface area (Å²) in [4.78, 5) is 14.2. The van der Waals surface area contributed by atoms with Gasteiger partial charge in [0, 0.05) is 22.3 Å². The molecule has 21 heavy (non-hydrogen) atoms. The van der Waals surface area contributed by atoms with Gasteiger partial charge in [0.15, 0.2) is 0 Å². The molecule has 2 rings (SSSR count). The lowest BCUT2D eigenvalue weighted by Gasteiger charge is -2.31. The molecular weight excluding hydrogens is 383 g/mol. The Morgan fingerprint density at radius 2 is 2.19 bits per heavy atom. The standard InChI is InChI=1S/C15H21IN2O3/c16-12-2-1-3-13(10-12)17-15(20)11-18-6-4-14(5-7-18)21-9-8-19/h1-3,10,14,19H,4-9,11H2,(H,17,20). The number of benzene rings is 1. The van der Waals surface area contributed by atoms with E-state index in [1.165, 1.54) is 0 Å². The number of carbonyl (C=O) groups is 1. The van der Waals surface area contributed by atoms with E-state index in [2.05, 4.69) is 32.8 Å². The van der Waals surface area contributed by atoms with Crippen molar-refractivity contribution in [2.45, 2.75) is 18.9 Å². The van der Waals surface area contributed by atoms with Crippen molar-refractivity contribution < 1.29 is 14.6 Å². The first-order valence-electron chi connectivity index (χ1n) is 7.17. The van der Waals surface area contributed by atoms with Gasteiger partial charge in [-0.05, 0) is 53.6 Å². The molecule has 6 heteroatoms. The molecule has 2 N–H and O–H groups in total. The van der Waals surface area contributed by atoms with Crippen molar-refractivity contribution in [3.05, 3.63) is 27.8 Å². The summed E-state index contributed by atoms with van der Waals surface area (Å²) in [7, 11) is 0. The highest BCUT2D eigenvalue weighted by molar-refractivity contribution is 14.1. The second kappa shape index (κ2) is 8.67. The quantitative estimate of drug-likeness (QED) is 0.709. The molecule has 1 aliphatic rings. The van der Waals surface area contributed by atoms with Crippen LogP contribution in [0.25, 0.3) is 0 Å². The van der Waals surface area contributed by atoms with Crippen LogP contribution in [0, 0.1) is 3.57 Å². The molecule has 0 radical (unpaired) electrons. The second-order valence-corrected chi connectivity index (χ2v) is 6.37. The van der Waals surface area contributed by atoms with Gasteiger partial charge < -0.3 is 15.2 Å². The lowest BCUT2D eigenvalue weighted by atomic mass is 10.1.